The van der Waals surface area contributed by atoms with Crippen molar-refractivity contribution < 1.29 is 12.8 Å². The Kier molecular flexibility index (Phi) is 4.03. The van der Waals surface area contributed by atoms with Crippen LogP contribution in [0.2, 0.25) is 0 Å². The number of sulfone groups is 1. The lowest BCUT2D eigenvalue weighted by atomic mass is 10.2. The number of benzene rings is 1. The molecule has 3 rings (SSSR count). The summed E-state index contributed by atoms with van der Waals surface area (Å²) in [4.78, 5) is 0. The van der Waals surface area contributed by atoms with E-state index in [1.807, 2.05) is 30.3 Å². The van der Waals surface area contributed by atoms with E-state index < -0.39 is 9.84 Å². The van der Waals surface area contributed by atoms with Crippen molar-refractivity contribution in [3.05, 3.63) is 36.2 Å². The molecule has 1 atom stereocenters. The number of hydrogen-bond acceptors (Lipinski definition) is 6. The van der Waals surface area contributed by atoms with E-state index >= 15 is 0 Å². The van der Waals surface area contributed by atoms with Gasteiger partial charge in [0.2, 0.25) is 11.8 Å². The van der Waals surface area contributed by atoms with Gasteiger partial charge in [-0.05, 0) is 25.0 Å². The molecule has 0 spiro atoms. The van der Waals surface area contributed by atoms with Gasteiger partial charge in [0.25, 0.3) is 0 Å². The van der Waals surface area contributed by atoms with Gasteiger partial charge in [0.1, 0.15) is 0 Å². The highest BCUT2D eigenvalue weighted by Crippen LogP contribution is 2.17. The first-order chi connectivity index (χ1) is 10.1. The number of rotatable bonds is 4. The van der Waals surface area contributed by atoms with Gasteiger partial charge in [-0.2, -0.15) is 0 Å². The normalized spacial score (nSPS) is 21.2. The highest BCUT2D eigenvalue weighted by molar-refractivity contribution is 7.91. The van der Waals surface area contributed by atoms with Crippen LogP contribution in [0.3, 0.4) is 0 Å². The van der Waals surface area contributed by atoms with Crippen molar-refractivity contribution in [1.29, 1.82) is 0 Å². The molecule has 1 aliphatic rings. The zero-order valence-corrected chi connectivity index (χ0v) is 12.3. The van der Waals surface area contributed by atoms with Crippen LogP contribution in [0.5, 0.6) is 0 Å². The maximum absolute atomic E-state index is 11.6. The van der Waals surface area contributed by atoms with Gasteiger partial charge in [-0.15, -0.1) is 10.2 Å². The van der Waals surface area contributed by atoms with Crippen molar-refractivity contribution in [2.45, 2.75) is 25.4 Å². The summed E-state index contributed by atoms with van der Waals surface area (Å²) >= 11 is 0. The van der Waals surface area contributed by atoms with Gasteiger partial charge in [0, 0.05) is 11.6 Å². The fourth-order valence-electron chi connectivity index (χ4n) is 2.44. The Labute approximate surface area is 123 Å². The third-order valence-corrected chi connectivity index (χ3v) is 5.31. The quantitative estimate of drug-likeness (QED) is 0.919. The minimum atomic E-state index is -2.90. The van der Waals surface area contributed by atoms with Crippen molar-refractivity contribution in [1.82, 2.24) is 15.5 Å². The molecule has 1 N–H and O–H groups in total. The van der Waals surface area contributed by atoms with Crippen LogP contribution in [0.25, 0.3) is 11.5 Å². The Morgan fingerprint density at radius 2 is 2.05 bits per heavy atom. The summed E-state index contributed by atoms with van der Waals surface area (Å²) in [6.07, 6.45) is 1.57. The predicted molar refractivity (Wildman–Crippen MR) is 78.2 cm³/mol. The first-order valence-corrected chi connectivity index (χ1v) is 8.76. The smallest absolute Gasteiger partial charge is 0.247 e. The van der Waals surface area contributed by atoms with Crippen molar-refractivity contribution in [2.24, 2.45) is 0 Å². The summed E-state index contributed by atoms with van der Waals surface area (Å²) in [6, 6.07) is 9.51. The molecular weight excluding hydrogens is 290 g/mol. The van der Waals surface area contributed by atoms with Crippen LogP contribution in [0.1, 0.15) is 18.7 Å². The summed E-state index contributed by atoms with van der Waals surface area (Å²) < 4.78 is 28.7. The number of nitrogens with zero attached hydrogens (tertiary/aromatic N) is 2. The van der Waals surface area contributed by atoms with E-state index in [9.17, 15) is 8.42 Å². The zero-order chi connectivity index (χ0) is 14.7. The van der Waals surface area contributed by atoms with E-state index in [-0.39, 0.29) is 11.8 Å². The number of aromatic nitrogens is 2. The summed E-state index contributed by atoms with van der Waals surface area (Å²) in [5, 5.41) is 11.2. The maximum atomic E-state index is 11.6. The molecule has 112 valence electrons. The highest BCUT2D eigenvalue weighted by atomic mass is 32.2. The second kappa shape index (κ2) is 5.95. The molecule has 1 aromatic carbocycles. The van der Waals surface area contributed by atoms with E-state index in [0.29, 0.717) is 30.5 Å². The summed E-state index contributed by atoms with van der Waals surface area (Å²) in [6.45, 7) is 0.389. The molecule has 6 nitrogen and oxygen atoms in total. The molecule has 0 radical (unpaired) electrons. The first-order valence-electron chi connectivity index (χ1n) is 6.94. The monoisotopic (exact) mass is 307 g/mol. The SMILES string of the molecule is O=S1(=O)CCCC(NCc2nnc(-c3ccccc3)o2)C1. The lowest BCUT2D eigenvalue weighted by Gasteiger charge is -2.22. The average molecular weight is 307 g/mol. The van der Waals surface area contributed by atoms with Crippen LogP contribution in [0, 0.1) is 0 Å². The second-order valence-electron chi connectivity index (χ2n) is 5.20. The van der Waals surface area contributed by atoms with Crippen LogP contribution in [0.15, 0.2) is 34.7 Å². The van der Waals surface area contributed by atoms with E-state index in [4.69, 9.17) is 4.42 Å². The molecular formula is C14H17N3O3S. The second-order valence-corrected chi connectivity index (χ2v) is 7.43. The summed E-state index contributed by atoms with van der Waals surface area (Å²) in [7, 11) is -2.90. The maximum Gasteiger partial charge on any atom is 0.247 e. The average Bonchev–Trinajstić information content (AvgIpc) is 2.94. The van der Waals surface area contributed by atoms with Crippen LogP contribution >= 0.6 is 0 Å². The highest BCUT2D eigenvalue weighted by Gasteiger charge is 2.24. The Hall–Kier alpha value is -1.73. The Morgan fingerprint density at radius 3 is 2.81 bits per heavy atom. The van der Waals surface area contributed by atoms with Gasteiger partial charge in [0.05, 0.1) is 18.1 Å². The largest absolute Gasteiger partial charge is 0.419 e. The third kappa shape index (κ3) is 3.68. The summed E-state index contributed by atoms with van der Waals surface area (Å²) in [5.74, 6) is 1.43. The van der Waals surface area contributed by atoms with E-state index in [2.05, 4.69) is 15.5 Å². The van der Waals surface area contributed by atoms with Crippen LogP contribution < -0.4 is 5.32 Å². The minimum absolute atomic E-state index is 0.0316. The predicted octanol–water partition coefficient (Wildman–Crippen LogP) is 1.40. The topological polar surface area (TPSA) is 85.1 Å². The molecule has 1 aromatic heterocycles. The molecule has 0 amide bonds. The van der Waals surface area contributed by atoms with E-state index in [1.54, 1.807) is 0 Å². The molecule has 1 aliphatic heterocycles. The lowest BCUT2D eigenvalue weighted by Crippen LogP contribution is -2.39. The van der Waals surface area contributed by atoms with Gasteiger partial charge in [-0.1, -0.05) is 18.2 Å². The Morgan fingerprint density at radius 1 is 1.24 bits per heavy atom. The van der Waals surface area contributed by atoms with Gasteiger partial charge < -0.3 is 9.73 Å². The van der Waals surface area contributed by atoms with Gasteiger partial charge in [-0.25, -0.2) is 8.42 Å². The summed E-state index contributed by atoms with van der Waals surface area (Å²) in [5.41, 5.74) is 0.872. The first kappa shape index (κ1) is 14.2. The molecule has 2 aromatic rings. The molecule has 0 bridgehead atoms. The Balaban J connectivity index is 1.60. The molecule has 1 fully saturated rings. The van der Waals surface area contributed by atoms with Crippen LogP contribution in [-0.4, -0.2) is 36.2 Å². The molecule has 1 unspecified atom stereocenters. The zero-order valence-electron chi connectivity index (χ0n) is 11.5. The molecule has 7 heteroatoms. The molecule has 21 heavy (non-hydrogen) atoms. The fourth-order valence-corrected chi connectivity index (χ4v) is 4.11. The van der Waals surface area contributed by atoms with E-state index in [0.717, 1.165) is 12.0 Å². The fraction of sp³-hybridized carbons (Fsp3) is 0.429. The lowest BCUT2D eigenvalue weighted by molar-refractivity contribution is 0.427. The van der Waals surface area contributed by atoms with Crippen molar-refractivity contribution in [3.63, 3.8) is 0 Å². The van der Waals surface area contributed by atoms with Crippen molar-refractivity contribution in [3.8, 4) is 11.5 Å². The Bertz CT molecular complexity index is 697. The van der Waals surface area contributed by atoms with E-state index in [1.165, 1.54) is 0 Å². The van der Waals surface area contributed by atoms with Gasteiger partial charge >= 0.3 is 0 Å². The van der Waals surface area contributed by atoms with Gasteiger partial charge in [-0.3, -0.25) is 0 Å². The van der Waals surface area contributed by atoms with Crippen LogP contribution in [-0.2, 0) is 16.4 Å². The van der Waals surface area contributed by atoms with Gasteiger partial charge in [0.15, 0.2) is 9.84 Å². The third-order valence-electron chi connectivity index (χ3n) is 3.49. The molecule has 0 saturated carbocycles. The standard InChI is InChI=1S/C14H17N3O3S/c18-21(19)8-4-7-12(10-21)15-9-13-16-17-14(20-13)11-5-2-1-3-6-11/h1-3,5-6,12,15H,4,7-10H2. The molecule has 2 heterocycles. The molecule has 1 saturated heterocycles. The van der Waals surface area contributed by atoms with Crippen molar-refractivity contribution in [2.75, 3.05) is 11.5 Å². The number of nitrogens with one attached hydrogen (secondary N) is 1. The number of hydrogen-bond donors (Lipinski definition) is 1. The van der Waals surface area contributed by atoms with Crippen molar-refractivity contribution >= 4 is 9.84 Å². The minimum Gasteiger partial charge on any atom is -0.419 e. The van der Waals surface area contributed by atoms with Crippen LogP contribution in [0.4, 0.5) is 0 Å². The molecule has 0 aliphatic carbocycles.